The van der Waals surface area contributed by atoms with Gasteiger partial charge in [-0.25, -0.2) is 0 Å². The second-order valence-corrected chi connectivity index (χ2v) is 4.30. The van der Waals surface area contributed by atoms with Crippen molar-refractivity contribution in [2.24, 2.45) is 5.41 Å². The highest BCUT2D eigenvalue weighted by atomic mass is 16.5. The average molecular weight is 169 g/mol. The quantitative estimate of drug-likeness (QED) is 0.647. The van der Waals surface area contributed by atoms with E-state index in [1.165, 1.54) is 32.2 Å². The van der Waals surface area contributed by atoms with Gasteiger partial charge < -0.3 is 4.74 Å². The zero-order valence-corrected chi connectivity index (χ0v) is 7.94. The van der Waals surface area contributed by atoms with Crippen LogP contribution in [0.4, 0.5) is 0 Å². The first-order valence-corrected chi connectivity index (χ1v) is 5.20. The first-order chi connectivity index (χ1) is 5.85. The second kappa shape index (κ2) is 3.35. The normalized spacial score (nSPS) is 34.2. The molecule has 0 aromatic rings. The number of hydrogen-bond donors (Lipinski definition) is 1. The Balaban J connectivity index is 1.88. The summed E-state index contributed by atoms with van der Waals surface area (Å²) in [7, 11) is 0. The third-order valence-electron chi connectivity index (χ3n) is 3.33. The van der Waals surface area contributed by atoms with Crippen LogP contribution in [0.3, 0.4) is 0 Å². The number of hydrogen-bond acceptors (Lipinski definition) is 2. The molecule has 2 heteroatoms. The predicted octanol–water partition coefficient (Wildman–Crippen LogP) is 1.90. The van der Waals surface area contributed by atoms with E-state index in [0.29, 0.717) is 11.6 Å². The maximum absolute atomic E-state index is 5.75. The average Bonchev–Trinajstić information content (AvgIpc) is 2.55. The summed E-state index contributed by atoms with van der Waals surface area (Å²) in [5.74, 6) is 0. The molecule has 0 bridgehead atoms. The fourth-order valence-corrected chi connectivity index (χ4v) is 2.43. The van der Waals surface area contributed by atoms with Crippen LogP contribution in [0.5, 0.6) is 0 Å². The van der Waals surface area contributed by atoms with Crippen molar-refractivity contribution < 1.29 is 4.74 Å². The molecule has 0 amide bonds. The summed E-state index contributed by atoms with van der Waals surface area (Å²) in [6.45, 7) is 4.36. The van der Waals surface area contributed by atoms with Gasteiger partial charge in [-0.2, -0.15) is 0 Å². The third-order valence-corrected chi connectivity index (χ3v) is 3.33. The molecular formula is C10H19NO. The van der Waals surface area contributed by atoms with Gasteiger partial charge in [-0.1, -0.05) is 19.8 Å². The van der Waals surface area contributed by atoms with Crippen molar-refractivity contribution in [2.45, 2.75) is 45.3 Å². The van der Waals surface area contributed by atoms with E-state index in [0.717, 1.165) is 13.0 Å². The Hall–Kier alpha value is -0.0800. The molecule has 1 aliphatic carbocycles. The lowest BCUT2D eigenvalue weighted by molar-refractivity contribution is -0.0693. The van der Waals surface area contributed by atoms with Crippen molar-refractivity contribution in [3.05, 3.63) is 0 Å². The van der Waals surface area contributed by atoms with E-state index in [2.05, 4.69) is 12.2 Å². The van der Waals surface area contributed by atoms with E-state index in [4.69, 9.17) is 4.74 Å². The first-order valence-electron chi connectivity index (χ1n) is 5.20. The van der Waals surface area contributed by atoms with Crippen LogP contribution in [0, 0.1) is 5.41 Å². The maximum atomic E-state index is 5.75. The van der Waals surface area contributed by atoms with Crippen LogP contribution in [0.25, 0.3) is 0 Å². The van der Waals surface area contributed by atoms with Gasteiger partial charge in [0.1, 0.15) is 6.23 Å². The summed E-state index contributed by atoms with van der Waals surface area (Å²) in [6, 6.07) is 0. The molecule has 1 N–H and O–H groups in total. The zero-order valence-electron chi connectivity index (χ0n) is 7.94. The van der Waals surface area contributed by atoms with Crippen LogP contribution >= 0.6 is 0 Å². The SMILES string of the molecule is CCC1NCC2(CCCC2)CO1. The van der Waals surface area contributed by atoms with Crippen LogP contribution in [-0.4, -0.2) is 19.4 Å². The summed E-state index contributed by atoms with van der Waals surface area (Å²) in [6.07, 6.45) is 6.98. The highest BCUT2D eigenvalue weighted by Gasteiger charge is 2.37. The monoisotopic (exact) mass is 169 g/mol. The van der Waals surface area contributed by atoms with E-state index < -0.39 is 0 Å². The number of ether oxygens (including phenoxy) is 1. The van der Waals surface area contributed by atoms with Crippen LogP contribution < -0.4 is 5.32 Å². The molecule has 0 aromatic heterocycles. The number of nitrogens with one attached hydrogen (secondary N) is 1. The van der Waals surface area contributed by atoms with Crippen molar-refractivity contribution in [3.63, 3.8) is 0 Å². The van der Waals surface area contributed by atoms with E-state index >= 15 is 0 Å². The van der Waals surface area contributed by atoms with Gasteiger partial charge in [0.25, 0.3) is 0 Å². The second-order valence-electron chi connectivity index (χ2n) is 4.30. The van der Waals surface area contributed by atoms with Gasteiger partial charge in [-0.3, -0.25) is 5.32 Å². The molecule has 2 nitrogen and oxygen atoms in total. The summed E-state index contributed by atoms with van der Waals surface area (Å²) in [5, 5.41) is 3.48. The molecule has 1 spiro atoms. The topological polar surface area (TPSA) is 21.3 Å². The van der Waals surface area contributed by atoms with Crippen molar-refractivity contribution in [2.75, 3.05) is 13.2 Å². The molecule has 2 fully saturated rings. The molecule has 1 unspecified atom stereocenters. The largest absolute Gasteiger partial charge is 0.363 e. The Bertz CT molecular complexity index is 142. The molecule has 12 heavy (non-hydrogen) atoms. The van der Waals surface area contributed by atoms with E-state index in [-0.39, 0.29) is 0 Å². The molecule has 1 saturated heterocycles. The Morgan fingerprint density at radius 2 is 2.17 bits per heavy atom. The van der Waals surface area contributed by atoms with Gasteiger partial charge in [-0.05, 0) is 19.3 Å². The van der Waals surface area contributed by atoms with Crippen molar-refractivity contribution >= 4 is 0 Å². The standard InChI is InChI=1S/C10H19NO/c1-2-9-11-7-10(8-12-9)5-3-4-6-10/h9,11H,2-8H2,1H3. The highest BCUT2D eigenvalue weighted by molar-refractivity contribution is 4.89. The summed E-state index contributed by atoms with van der Waals surface area (Å²) in [4.78, 5) is 0. The summed E-state index contributed by atoms with van der Waals surface area (Å²) in [5.41, 5.74) is 0.520. The van der Waals surface area contributed by atoms with E-state index in [1.807, 2.05) is 0 Å². The van der Waals surface area contributed by atoms with E-state index in [9.17, 15) is 0 Å². The number of rotatable bonds is 1. The minimum atomic E-state index is 0.330. The van der Waals surface area contributed by atoms with Gasteiger partial charge in [0.05, 0.1) is 6.61 Å². The summed E-state index contributed by atoms with van der Waals surface area (Å²) >= 11 is 0. The molecule has 1 atom stereocenters. The lowest BCUT2D eigenvalue weighted by Crippen LogP contribution is -2.48. The molecule has 1 saturated carbocycles. The fourth-order valence-electron chi connectivity index (χ4n) is 2.43. The molecule has 1 heterocycles. The molecule has 0 radical (unpaired) electrons. The van der Waals surface area contributed by atoms with Crippen LogP contribution in [0.2, 0.25) is 0 Å². The summed E-state index contributed by atoms with van der Waals surface area (Å²) < 4.78 is 5.75. The first kappa shape index (κ1) is 8.52. The van der Waals surface area contributed by atoms with Gasteiger partial charge in [0.2, 0.25) is 0 Å². The van der Waals surface area contributed by atoms with E-state index in [1.54, 1.807) is 0 Å². The molecule has 2 rings (SSSR count). The van der Waals surface area contributed by atoms with Crippen LogP contribution in [-0.2, 0) is 4.74 Å². The fraction of sp³-hybridized carbons (Fsp3) is 1.00. The molecule has 0 aromatic carbocycles. The molecule has 2 aliphatic rings. The molecule has 70 valence electrons. The van der Waals surface area contributed by atoms with Crippen LogP contribution in [0.15, 0.2) is 0 Å². The van der Waals surface area contributed by atoms with Crippen molar-refractivity contribution in [1.29, 1.82) is 0 Å². The lowest BCUT2D eigenvalue weighted by Gasteiger charge is -2.37. The van der Waals surface area contributed by atoms with Gasteiger partial charge in [0.15, 0.2) is 0 Å². The Morgan fingerprint density at radius 3 is 2.67 bits per heavy atom. The maximum Gasteiger partial charge on any atom is 0.107 e. The minimum absolute atomic E-state index is 0.330. The Kier molecular flexibility index (Phi) is 2.37. The van der Waals surface area contributed by atoms with Gasteiger partial charge in [0, 0.05) is 12.0 Å². The van der Waals surface area contributed by atoms with Crippen molar-refractivity contribution in [3.8, 4) is 0 Å². The van der Waals surface area contributed by atoms with Crippen LogP contribution in [0.1, 0.15) is 39.0 Å². The van der Waals surface area contributed by atoms with Gasteiger partial charge >= 0.3 is 0 Å². The Labute approximate surface area is 74.7 Å². The molecule has 1 aliphatic heterocycles. The predicted molar refractivity (Wildman–Crippen MR) is 48.9 cm³/mol. The van der Waals surface area contributed by atoms with Gasteiger partial charge in [-0.15, -0.1) is 0 Å². The minimum Gasteiger partial charge on any atom is -0.363 e. The molecular weight excluding hydrogens is 150 g/mol. The Morgan fingerprint density at radius 1 is 1.42 bits per heavy atom. The lowest BCUT2D eigenvalue weighted by atomic mass is 9.86. The smallest absolute Gasteiger partial charge is 0.107 e. The van der Waals surface area contributed by atoms with Crippen molar-refractivity contribution in [1.82, 2.24) is 5.32 Å². The highest BCUT2D eigenvalue weighted by Crippen LogP contribution is 2.39. The zero-order chi connectivity index (χ0) is 8.44. The third kappa shape index (κ3) is 1.50.